The van der Waals surface area contributed by atoms with Crippen LogP contribution in [-0.2, 0) is 4.79 Å². The van der Waals surface area contributed by atoms with Crippen molar-refractivity contribution in [2.75, 3.05) is 6.54 Å². The van der Waals surface area contributed by atoms with E-state index in [-0.39, 0.29) is 11.9 Å². The number of nitrogens with two attached hydrogens (primary N) is 1. The Morgan fingerprint density at radius 2 is 2.07 bits per heavy atom. The number of nitrogens with one attached hydrogen (secondary N) is 1. The summed E-state index contributed by atoms with van der Waals surface area (Å²) in [5, 5.41) is 2.97. The molecule has 1 amide bonds. The molecule has 0 aliphatic rings. The summed E-state index contributed by atoms with van der Waals surface area (Å²) in [6, 6.07) is 0.163. The van der Waals surface area contributed by atoms with Crippen molar-refractivity contribution in [2.45, 2.75) is 52.5 Å². The minimum atomic E-state index is 0.142. The highest BCUT2D eigenvalue weighted by molar-refractivity contribution is 5.76. The molecule has 3 N–H and O–H groups in total. The van der Waals surface area contributed by atoms with Crippen molar-refractivity contribution in [2.24, 2.45) is 11.7 Å². The zero-order valence-corrected chi connectivity index (χ0v) is 9.68. The maximum Gasteiger partial charge on any atom is 0.220 e. The van der Waals surface area contributed by atoms with E-state index in [0.29, 0.717) is 18.9 Å². The van der Waals surface area contributed by atoms with Gasteiger partial charge in [-0.25, -0.2) is 0 Å². The maximum absolute atomic E-state index is 11.5. The van der Waals surface area contributed by atoms with E-state index in [1.807, 2.05) is 0 Å². The number of rotatable bonds is 7. The summed E-state index contributed by atoms with van der Waals surface area (Å²) in [6.07, 6.45) is 3.71. The lowest BCUT2D eigenvalue weighted by molar-refractivity contribution is -0.122. The van der Waals surface area contributed by atoms with E-state index in [0.717, 1.165) is 19.3 Å². The second-order valence-electron chi connectivity index (χ2n) is 4.01. The minimum Gasteiger partial charge on any atom is -0.352 e. The van der Waals surface area contributed by atoms with E-state index in [4.69, 9.17) is 5.73 Å². The maximum atomic E-state index is 11.5. The molecule has 0 radical (unpaired) electrons. The highest BCUT2D eigenvalue weighted by Crippen LogP contribution is 2.06. The molecular weight excluding hydrogens is 176 g/mol. The first kappa shape index (κ1) is 13.4. The fourth-order valence-corrected chi connectivity index (χ4v) is 1.34. The average Bonchev–Trinajstić information content (AvgIpc) is 2.16. The van der Waals surface area contributed by atoms with Crippen LogP contribution in [-0.4, -0.2) is 18.5 Å². The van der Waals surface area contributed by atoms with Crippen LogP contribution in [0, 0.1) is 5.92 Å². The quantitative estimate of drug-likeness (QED) is 0.657. The summed E-state index contributed by atoms with van der Waals surface area (Å²) >= 11 is 0. The first-order valence-electron chi connectivity index (χ1n) is 5.63. The Hall–Kier alpha value is -0.570. The van der Waals surface area contributed by atoms with Crippen molar-refractivity contribution in [1.82, 2.24) is 5.32 Å². The summed E-state index contributed by atoms with van der Waals surface area (Å²) < 4.78 is 0. The van der Waals surface area contributed by atoms with Gasteiger partial charge in [0.15, 0.2) is 0 Å². The van der Waals surface area contributed by atoms with Crippen LogP contribution in [0.2, 0.25) is 0 Å². The van der Waals surface area contributed by atoms with E-state index in [1.54, 1.807) is 0 Å². The van der Waals surface area contributed by atoms with Crippen molar-refractivity contribution in [1.29, 1.82) is 0 Å². The number of hydrogen-bond donors (Lipinski definition) is 2. The van der Waals surface area contributed by atoms with Crippen LogP contribution >= 0.6 is 0 Å². The van der Waals surface area contributed by atoms with Gasteiger partial charge in [0.25, 0.3) is 0 Å². The highest BCUT2D eigenvalue weighted by Gasteiger charge is 2.11. The molecule has 0 aliphatic heterocycles. The molecule has 0 spiro atoms. The lowest BCUT2D eigenvalue weighted by Gasteiger charge is -2.17. The van der Waals surface area contributed by atoms with Crippen molar-refractivity contribution in [3.8, 4) is 0 Å². The van der Waals surface area contributed by atoms with Crippen LogP contribution in [0.1, 0.15) is 46.5 Å². The molecule has 84 valence electrons. The zero-order valence-electron chi connectivity index (χ0n) is 9.68. The predicted molar refractivity (Wildman–Crippen MR) is 60.0 cm³/mol. The van der Waals surface area contributed by atoms with Gasteiger partial charge in [-0.2, -0.15) is 0 Å². The summed E-state index contributed by atoms with van der Waals surface area (Å²) in [5.74, 6) is 0.610. The Morgan fingerprint density at radius 3 is 2.50 bits per heavy atom. The van der Waals surface area contributed by atoms with Crippen molar-refractivity contribution >= 4 is 5.91 Å². The molecular formula is C11H24N2O. The normalized spacial score (nSPS) is 14.9. The van der Waals surface area contributed by atoms with E-state index in [1.165, 1.54) is 0 Å². The van der Waals surface area contributed by atoms with Gasteiger partial charge in [-0.1, -0.05) is 33.6 Å². The van der Waals surface area contributed by atoms with Gasteiger partial charge >= 0.3 is 0 Å². The second-order valence-corrected chi connectivity index (χ2v) is 4.01. The Bertz CT molecular complexity index is 159. The Morgan fingerprint density at radius 1 is 1.43 bits per heavy atom. The molecule has 0 rings (SSSR count). The van der Waals surface area contributed by atoms with Gasteiger partial charge in [0.1, 0.15) is 0 Å². The van der Waals surface area contributed by atoms with E-state index in [2.05, 4.69) is 26.1 Å². The third kappa shape index (κ3) is 5.97. The highest BCUT2D eigenvalue weighted by atomic mass is 16.1. The molecule has 0 aliphatic carbocycles. The largest absolute Gasteiger partial charge is 0.352 e. The summed E-state index contributed by atoms with van der Waals surface area (Å²) in [5.41, 5.74) is 5.56. The van der Waals surface area contributed by atoms with Gasteiger partial charge in [0.05, 0.1) is 0 Å². The lowest BCUT2D eigenvalue weighted by atomic mass is 10.0. The van der Waals surface area contributed by atoms with Gasteiger partial charge < -0.3 is 11.1 Å². The number of amides is 1. The molecule has 0 aromatic rings. The predicted octanol–water partition coefficient (Wildman–Crippen LogP) is 1.67. The van der Waals surface area contributed by atoms with E-state index >= 15 is 0 Å². The molecule has 2 unspecified atom stereocenters. The monoisotopic (exact) mass is 200 g/mol. The van der Waals surface area contributed by atoms with Crippen molar-refractivity contribution in [3.63, 3.8) is 0 Å². The molecule has 3 heteroatoms. The zero-order chi connectivity index (χ0) is 11.0. The molecule has 14 heavy (non-hydrogen) atoms. The van der Waals surface area contributed by atoms with Gasteiger partial charge in [0.2, 0.25) is 5.91 Å². The molecule has 0 aromatic carbocycles. The molecule has 0 bridgehead atoms. The Kier molecular flexibility index (Phi) is 7.48. The van der Waals surface area contributed by atoms with Gasteiger partial charge in [-0.3, -0.25) is 4.79 Å². The number of hydrogen-bond acceptors (Lipinski definition) is 2. The van der Waals surface area contributed by atoms with Crippen LogP contribution < -0.4 is 11.1 Å². The second kappa shape index (κ2) is 7.80. The average molecular weight is 200 g/mol. The molecule has 0 saturated heterocycles. The van der Waals surface area contributed by atoms with Crippen molar-refractivity contribution < 1.29 is 4.79 Å². The topological polar surface area (TPSA) is 55.1 Å². The standard InChI is InChI=1S/C11H24N2O/c1-4-6-10(8-12)13-11(14)7-9(3)5-2/h9-10H,4-8,12H2,1-3H3,(H,13,14). The Labute approximate surface area is 87.4 Å². The Balaban J connectivity index is 3.78. The summed E-state index contributed by atoms with van der Waals surface area (Å²) in [4.78, 5) is 11.5. The molecule has 0 fully saturated rings. The number of carbonyl (C=O) groups is 1. The smallest absolute Gasteiger partial charge is 0.220 e. The van der Waals surface area contributed by atoms with Gasteiger partial charge in [-0.05, 0) is 12.3 Å². The SMILES string of the molecule is CCCC(CN)NC(=O)CC(C)CC. The lowest BCUT2D eigenvalue weighted by Crippen LogP contribution is -2.40. The third-order valence-electron chi connectivity index (χ3n) is 2.52. The molecule has 3 nitrogen and oxygen atoms in total. The van der Waals surface area contributed by atoms with Crippen LogP contribution in [0.15, 0.2) is 0 Å². The van der Waals surface area contributed by atoms with Crippen LogP contribution in [0.4, 0.5) is 0 Å². The molecule has 0 heterocycles. The fourth-order valence-electron chi connectivity index (χ4n) is 1.34. The van der Waals surface area contributed by atoms with Gasteiger partial charge in [-0.15, -0.1) is 0 Å². The van der Waals surface area contributed by atoms with Crippen LogP contribution in [0.25, 0.3) is 0 Å². The number of carbonyl (C=O) groups excluding carboxylic acids is 1. The first-order chi connectivity index (χ1) is 6.63. The minimum absolute atomic E-state index is 0.142. The fraction of sp³-hybridized carbons (Fsp3) is 0.909. The van der Waals surface area contributed by atoms with Crippen LogP contribution in [0.5, 0.6) is 0 Å². The van der Waals surface area contributed by atoms with E-state index < -0.39 is 0 Å². The summed E-state index contributed by atoms with van der Waals surface area (Å²) in [6.45, 7) is 6.84. The third-order valence-corrected chi connectivity index (χ3v) is 2.52. The van der Waals surface area contributed by atoms with Gasteiger partial charge in [0, 0.05) is 19.0 Å². The molecule has 2 atom stereocenters. The summed E-state index contributed by atoms with van der Waals surface area (Å²) in [7, 11) is 0. The molecule has 0 aromatic heterocycles. The van der Waals surface area contributed by atoms with E-state index in [9.17, 15) is 4.79 Å². The van der Waals surface area contributed by atoms with Crippen LogP contribution in [0.3, 0.4) is 0 Å². The van der Waals surface area contributed by atoms with Crippen molar-refractivity contribution in [3.05, 3.63) is 0 Å². The molecule has 0 saturated carbocycles. The first-order valence-corrected chi connectivity index (χ1v) is 5.63.